The predicted octanol–water partition coefficient (Wildman–Crippen LogP) is 6.52. The molecule has 1 N–H and O–H groups in total. The topological polar surface area (TPSA) is 129 Å². The fourth-order valence-electron chi connectivity index (χ4n) is 7.55. The van der Waals surface area contributed by atoms with Crippen LogP contribution in [0, 0.1) is 17.8 Å². The lowest BCUT2D eigenvalue weighted by Crippen LogP contribution is -2.40. The molecule has 1 saturated heterocycles. The highest BCUT2D eigenvalue weighted by molar-refractivity contribution is 6.25. The molecule has 4 unspecified atom stereocenters. The van der Waals surface area contributed by atoms with Gasteiger partial charge in [0.1, 0.15) is 11.5 Å². The molecule has 4 atom stereocenters. The summed E-state index contributed by atoms with van der Waals surface area (Å²) in [5, 5.41) is 19.7. The van der Waals surface area contributed by atoms with Gasteiger partial charge < -0.3 is 14.7 Å². The van der Waals surface area contributed by atoms with Crippen molar-refractivity contribution in [1.82, 2.24) is 0 Å². The number of anilines is 2. The Hall–Kier alpha value is -5.64. The number of azo groups is 1. The number of imide groups is 1. The molecule has 0 radical (unpaired) electrons. The van der Waals surface area contributed by atoms with Crippen LogP contribution in [0.15, 0.2) is 111 Å². The van der Waals surface area contributed by atoms with Gasteiger partial charge in [0.2, 0.25) is 11.8 Å². The standard InChI is InChI=1S/C38H34N4O6/c1-20-18-30(44)28-19-27-25(33(34(28)36(20)45)35-29(43)6-5-7-31(35)48-4)16-17-26-32(27)38(47)42(37(26)46)24-14-10-22(11-15-24)40-39-21-8-12-23(13-9-21)41(2)3/h5-16,18,26-27,32-33,43H,17,19H2,1-4H3. The molecule has 0 saturated carbocycles. The number of hydrogen-bond acceptors (Lipinski definition) is 9. The van der Waals surface area contributed by atoms with Crippen molar-refractivity contribution < 1.29 is 29.0 Å². The number of carbonyl (C=O) groups is 4. The summed E-state index contributed by atoms with van der Waals surface area (Å²) in [6, 6.07) is 19.3. The minimum Gasteiger partial charge on any atom is -0.507 e. The Morgan fingerprint density at radius 1 is 0.875 bits per heavy atom. The molecule has 3 aliphatic carbocycles. The van der Waals surface area contributed by atoms with E-state index in [2.05, 4.69) is 10.2 Å². The van der Waals surface area contributed by atoms with Crippen LogP contribution in [0.2, 0.25) is 0 Å². The van der Waals surface area contributed by atoms with Crippen molar-refractivity contribution in [2.24, 2.45) is 28.0 Å². The van der Waals surface area contributed by atoms with E-state index in [4.69, 9.17) is 4.74 Å². The van der Waals surface area contributed by atoms with Crippen molar-refractivity contribution in [3.8, 4) is 11.5 Å². The van der Waals surface area contributed by atoms with Crippen LogP contribution >= 0.6 is 0 Å². The predicted molar refractivity (Wildman–Crippen MR) is 180 cm³/mol. The van der Waals surface area contributed by atoms with Crippen LogP contribution in [-0.2, 0) is 19.2 Å². The first-order chi connectivity index (χ1) is 23.1. The Morgan fingerprint density at radius 2 is 1.54 bits per heavy atom. The molecule has 4 aliphatic rings. The van der Waals surface area contributed by atoms with Gasteiger partial charge in [-0.15, -0.1) is 0 Å². The number of allylic oxidation sites excluding steroid dienone is 6. The van der Waals surface area contributed by atoms with E-state index >= 15 is 0 Å². The van der Waals surface area contributed by atoms with Crippen LogP contribution in [0.3, 0.4) is 0 Å². The van der Waals surface area contributed by atoms with Crippen LogP contribution in [0.25, 0.3) is 0 Å². The van der Waals surface area contributed by atoms with Gasteiger partial charge >= 0.3 is 0 Å². The molecular formula is C38H34N4O6. The van der Waals surface area contributed by atoms with Gasteiger partial charge in [-0.1, -0.05) is 17.7 Å². The summed E-state index contributed by atoms with van der Waals surface area (Å²) in [6.07, 6.45) is 3.68. The third-order valence-electron chi connectivity index (χ3n) is 9.87. The van der Waals surface area contributed by atoms with Gasteiger partial charge in [-0.25, -0.2) is 0 Å². The number of ether oxygens (including phenoxy) is 1. The van der Waals surface area contributed by atoms with Gasteiger partial charge in [0.15, 0.2) is 11.6 Å². The average molecular weight is 643 g/mol. The number of carbonyl (C=O) groups excluding carboxylic acids is 4. The van der Waals surface area contributed by atoms with E-state index in [9.17, 15) is 24.3 Å². The van der Waals surface area contributed by atoms with Crippen molar-refractivity contribution in [2.75, 3.05) is 31.0 Å². The number of benzene rings is 3. The molecule has 1 heterocycles. The van der Waals surface area contributed by atoms with Gasteiger partial charge in [0.25, 0.3) is 0 Å². The van der Waals surface area contributed by atoms with Gasteiger partial charge in [-0.3, -0.25) is 24.1 Å². The number of amides is 2. The third kappa shape index (κ3) is 4.95. The molecule has 3 aromatic rings. The highest BCUT2D eigenvalue weighted by Crippen LogP contribution is 2.57. The molecule has 242 valence electrons. The summed E-state index contributed by atoms with van der Waals surface area (Å²) >= 11 is 0. The van der Waals surface area contributed by atoms with Crippen molar-refractivity contribution >= 4 is 46.1 Å². The van der Waals surface area contributed by atoms with Crippen molar-refractivity contribution in [2.45, 2.75) is 25.7 Å². The Kier molecular flexibility index (Phi) is 7.66. The minimum atomic E-state index is -0.809. The molecule has 0 aromatic heterocycles. The lowest BCUT2D eigenvalue weighted by Gasteiger charge is -2.42. The first-order valence-electron chi connectivity index (χ1n) is 15.8. The number of methoxy groups -OCH3 is 1. The Bertz CT molecular complexity index is 2010. The first kappa shape index (κ1) is 31.0. The quantitative estimate of drug-likeness (QED) is 0.140. The van der Waals surface area contributed by atoms with Gasteiger partial charge in [-0.05, 0) is 92.4 Å². The van der Waals surface area contributed by atoms with E-state index in [1.54, 1.807) is 43.3 Å². The average Bonchev–Trinajstić information content (AvgIpc) is 3.34. The van der Waals surface area contributed by atoms with E-state index in [1.807, 2.05) is 49.3 Å². The summed E-state index contributed by atoms with van der Waals surface area (Å²) in [6.45, 7) is 1.60. The Labute approximate surface area is 277 Å². The van der Waals surface area contributed by atoms with Crippen LogP contribution in [0.5, 0.6) is 11.5 Å². The molecule has 0 spiro atoms. The lowest BCUT2D eigenvalue weighted by atomic mass is 9.59. The first-order valence-corrected chi connectivity index (χ1v) is 15.8. The van der Waals surface area contributed by atoms with E-state index in [1.165, 1.54) is 24.2 Å². The van der Waals surface area contributed by atoms with Gasteiger partial charge in [0, 0.05) is 48.0 Å². The molecule has 7 rings (SSSR count). The maximum absolute atomic E-state index is 14.2. The van der Waals surface area contributed by atoms with Crippen LogP contribution in [-0.4, -0.2) is 49.7 Å². The van der Waals surface area contributed by atoms with Gasteiger partial charge in [-0.2, -0.15) is 10.2 Å². The second kappa shape index (κ2) is 11.9. The number of nitrogens with zero attached hydrogens (tertiary/aromatic N) is 4. The monoisotopic (exact) mass is 642 g/mol. The van der Waals surface area contributed by atoms with Crippen LogP contribution < -0.4 is 14.5 Å². The molecule has 1 aliphatic heterocycles. The number of rotatable bonds is 6. The summed E-state index contributed by atoms with van der Waals surface area (Å²) in [4.78, 5) is 58.5. The molecule has 48 heavy (non-hydrogen) atoms. The van der Waals surface area contributed by atoms with Crippen LogP contribution in [0.1, 0.15) is 31.2 Å². The van der Waals surface area contributed by atoms with Gasteiger partial charge in [0.05, 0.1) is 36.0 Å². The largest absolute Gasteiger partial charge is 0.507 e. The van der Waals surface area contributed by atoms with Crippen molar-refractivity contribution in [3.05, 3.63) is 107 Å². The van der Waals surface area contributed by atoms with Crippen molar-refractivity contribution in [1.29, 1.82) is 0 Å². The highest BCUT2D eigenvalue weighted by atomic mass is 16.5. The summed E-state index contributed by atoms with van der Waals surface area (Å²) in [5.41, 5.74) is 4.75. The summed E-state index contributed by atoms with van der Waals surface area (Å²) in [5.74, 6) is -3.68. The Balaban J connectivity index is 1.21. The molecule has 2 amide bonds. The summed E-state index contributed by atoms with van der Waals surface area (Å²) in [7, 11) is 5.40. The van der Waals surface area contributed by atoms with Crippen LogP contribution in [0.4, 0.5) is 22.7 Å². The Morgan fingerprint density at radius 3 is 2.19 bits per heavy atom. The zero-order valence-corrected chi connectivity index (χ0v) is 27.0. The second-order valence-electron chi connectivity index (χ2n) is 12.8. The third-order valence-corrected chi connectivity index (χ3v) is 9.87. The molecule has 10 heteroatoms. The number of phenolic OH excluding ortho intramolecular Hbond substituents is 1. The molecule has 10 nitrogen and oxygen atoms in total. The number of phenols is 1. The number of aromatic hydroxyl groups is 1. The number of fused-ring (bicyclic) bond motifs is 3. The highest BCUT2D eigenvalue weighted by Gasteiger charge is 2.57. The van der Waals surface area contributed by atoms with Crippen molar-refractivity contribution in [3.63, 3.8) is 0 Å². The SMILES string of the molecule is COc1cccc(O)c1C1C2=CCC3C(=O)N(c4ccc(N=Nc5ccc(N(C)C)cc5)cc4)C(=O)C3C2CC2=C1C(=O)C(C)=CC2=O. The lowest BCUT2D eigenvalue weighted by molar-refractivity contribution is -0.123. The molecule has 1 fully saturated rings. The number of hydrogen-bond donors (Lipinski definition) is 1. The minimum absolute atomic E-state index is 0.0828. The van der Waals surface area contributed by atoms with E-state index < -0.39 is 23.7 Å². The maximum atomic E-state index is 14.2. The van der Waals surface area contributed by atoms with E-state index in [0.717, 1.165) is 11.3 Å². The zero-order valence-electron chi connectivity index (χ0n) is 27.0. The fraction of sp³-hybridized carbons (Fsp3) is 0.263. The van der Waals surface area contributed by atoms with E-state index in [-0.39, 0.29) is 42.0 Å². The normalized spacial score (nSPS) is 23.5. The molecule has 3 aromatic carbocycles. The molecular weight excluding hydrogens is 608 g/mol. The smallest absolute Gasteiger partial charge is 0.238 e. The number of ketones is 2. The molecule has 0 bridgehead atoms. The summed E-state index contributed by atoms with van der Waals surface area (Å²) < 4.78 is 5.63. The number of Topliss-reactive ketones (excluding diaryl/α,β-unsaturated/α-hetero) is 1. The maximum Gasteiger partial charge on any atom is 0.238 e. The zero-order chi connectivity index (χ0) is 33.9. The second-order valence-corrected chi connectivity index (χ2v) is 12.8. The fourth-order valence-corrected chi connectivity index (χ4v) is 7.55. The van der Waals surface area contributed by atoms with E-state index in [0.29, 0.717) is 45.1 Å².